The smallest absolute Gasteiger partial charge is 0.175 e. The number of hydrogen-bond acceptors (Lipinski definition) is 2. The van der Waals surface area contributed by atoms with Crippen LogP contribution in [0.25, 0.3) is 0 Å². The highest BCUT2D eigenvalue weighted by molar-refractivity contribution is 9.10. The molecule has 0 heterocycles. The average Bonchev–Trinajstić information content (AvgIpc) is 2.37. The van der Waals surface area contributed by atoms with Crippen molar-refractivity contribution >= 4 is 44.6 Å². The first-order valence-electron chi connectivity index (χ1n) is 5.68. The van der Waals surface area contributed by atoms with Gasteiger partial charge in [-0.3, -0.25) is 0 Å². The Balaban J connectivity index is 2.05. The highest BCUT2D eigenvalue weighted by Gasteiger charge is 2.04. The Morgan fingerprint density at radius 1 is 1.11 bits per heavy atom. The molecule has 0 radical (unpaired) electrons. The summed E-state index contributed by atoms with van der Waals surface area (Å²) in [5.74, 6) is 0.172. The van der Waals surface area contributed by atoms with Gasteiger partial charge in [-0.15, -0.1) is 0 Å². The molecule has 98 valence electrons. The molecular weight excluding hydrogens is 324 g/mol. The molecule has 5 heteroatoms. The zero-order valence-corrected chi connectivity index (χ0v) is 12.7. The lowest BCUT2D eigenvalue weighted by atomic mass is 10.2. The van der Waals surface area contributed by atoms with E-state index < -0.39 is 0 Å². The van der Waals surface area contributed by atoms with Gasteiger partial charge < -0.3 is 15.7 Å². The lowest BCUT2D eigenvalue weighted by molar-refractivity contribution is 0.478. The number of rotatable bonds is 2. The predicted molar refractivity (Wildman–Crippen MR) is 86.8 cm³/mol. The summed E-state index contributed by atoms with van der Waals surface area (Å²) in [4.78, 5) is 0. The number of thiocarbonyl (C=S) groups is 1. The number of aromatic hydroxyl groups is 1. The maximum Gasteiger partial charge on any atom is 0.175 e. The molecule has 2 aromatic rings. The van der Waals surface area contributed by atoms with E-state index in [1.165, 1.54) is 0 Å². The van der Waals surface area contributed by atoms with Crippen LogP contribution >= 0.6 is 28.1 Å². The number of halogens is 1. The standard InChI is InChI=1S/C14H13BrN2OS/c1-9-2-7-13(18)12(8-9)17-14(19)16-11-5-3-10(15)4-6-11/h2-8,18H,1H3,(H2,16,17,19). The number of aryl methyl sites for hydroxylation is 1. The molecule has 0 atom stereocenters. The molecule has 3 N–H and O–H groups in total. The molecular formula is C14H13BrN2OS. The van der Waals surface area contributed by atoms with Gasteiger partial charge in [-0.2, -0.15) is 0 Å². The maximum atomic E-state index is 9.73. The Hall–Kier alpha value is -1.59. The third-order valence-electron chi connectivity index (χ3n) is 2.50. The van der Waals surface area contributed by atoms with Gasteiger partial charge in [0.1, 0.15) is 5.75 Å². The minimum atomic E-state index is 0.172. The van der Waals surface area contributed by atoms with Crippen molar-refractivity contribution < 1.29 is 5.11 Å². The minimum absolute atomic E-state index is 0.172. The van der Waals surface area contributed by atoms with Crippen LogP contribution in [0.1, 0.15) is 5.56 Å². The predicted octanol–water partition coefficient (Wildman–Crippen LogP) is 4.27. The van der Waals surface area contributed by atoms with Crippen molar-refractivity contribution in [3.05, 3.63) is 52.5 Å². The molecule has 0 amide bonds. The summed E-state index contributed by atoms with van der Waals surface area (Å²) in [5.41, 5.74) is 2.52. The van der Waals surface area contributed by atoms with Gasteiger partial charge in [0.2, 0.25) is 0 Å². The number of phenolic OH excluding ortho intramolecular Hbond substituents is 1. The van der Waals surface area contributed by atoms with Gasteiger partial charge >= 0.3 is 0 Å². The SMILES string of the molecule is Cc1ccc(O)c(NC(=S)Nc2ccc(Br)cc2)c1. The molecule has 0 saturated carbocycles. The average molecular weight is 337 g/mol. The largest absolute Gasteiger partial charge is 0.506 e. The summed E-state index contributed by atoms with van der Waals surface area (Å²) >= 11 is 8.58. The van der Waals surface area contributed by atoms with Gasteiger partial charge in [0.25, 0.3) is 0 Å². The Kier molecular flexibility index (Phi) is 4.39. The van der Waals surface area contributed by atoms with Crippen molar-refractivity contribution in [1.29, 1.82) is 0 Å². The molecule has 2 aromatic carbocycles. The van der Waals surface area contributed by atoms with E-state index in [0.29, 0.717) is 10.8 Å². The minimum Gasteiger partial charge on any atom is -0.506 e. The Morgan fingerprint density at radius 2 is 1.79 bits per heavy atom. The van der Waals surface area contributed by atoms with Crippen LogP contribution in [0.15, 0.2) is 46.9 Å². The van der Waals surface area contributed by atoms with Gasteiger partial charge in [-0.1, -0.05) is 22.0 Å². The fourth-order valence-electron chi connectivity index (χ4n) is 1.57. The fraction of sp³-hybridized carbons (Fsp3) is 0.0714. The molecule has 2 rings (SSSR count). The first-order chi connectivity index (χ1) is 9.04. The third kappa shape index (κ3) is 3.94. The van der Waals surface area contributed by atoms with Crippen molar-refractivity contribution in [1.82, 2.24) is 0 Å². The Labute approximate surface area is 125 Å². The zero-order valence-electron chi connectivity index (χ0n) is 10.3. The van der Waals surface area contributed by atoms with Crippen molar-refractivity contribution in [2.75, 3.05) is 10.6 Å². The van der Waals surface area contributed by atoms with Crippen LogP contribution in [0.5, 0.6) is 5.75 Å². The van der Waals surface area contributed by atoms with Crippen molar-refractivity contribution in [3.63, 3.8) is 0 Å². The summed E-state index contributed by atoms with van der Waals surface area (Å²) < 4.78 is 1.01. The van der Waals surface area contributed by atoms with E-state index in [2.05, 4.69) is 26.6 Å². The van der Waals surface area contributed by atoms with Gasteiger partial charge in [0.05, 0.1) is 5.69 Å². The topological polar surface area (TPSA) is 44.3 Å². The molecule has 0 aromatic heterocycles. The van der Waals surface area contributed by atoms with Crippen LogP contribution in [-0.4, -0.2) is 10.2 Å². The summed E-state index contributed by atoms with van der Waals surface area (Å²) in [6, 6.07) is 13.0. The molecule has 0 aliphatic heterocycles. The van der Waals surface area contributed by atoms with E-state index in [1.807, 2.05) is 43.3 Å². The van der Waals surface area contributed by atoms with E-state index in [4.69, 9.17) is 12.2 Å². The molecule has 3 nitrogen and oxygen atoms in total. The summed E-state index contributed by atoms with van der Waals surface area (Å²) in [5, 5.41) is 16.2. The highest BCUT2D eigenvalue weighted by Crippen LogP contribution is 2.24. The van der Waals surface area contributed by atoms with Crippen molar-refractivity contribution in [2.24, 2.45) is 0 Å². The van der Waals surface area contributed by atoms with Crippen molar-refractivity contribution in [3.8, 4) is 5.75 Å². The monoisotopic (exact) mass is 336 g/mol. The van der Waals surface area contributed by atoms with E-state index >= 15 is 0 Å². The van der Waals surface area contributed by atoms with E-state index in [9.17, 15) is 5.11 Å². The van der Waals surface area contributed by atoms with Crippen LogP contribution in [0, 0.1) is 6.92 Å². The van der Waals surface area contributed by atoms with Gasteiger partial charge in [-0.25, -0.2) is 0 Å². The Morgan fingerprint density at radius 3 is 2.47 bits per heavy atom. The van der Waals surface area contributed by atoms with Crippen LogP contribution in [0.4, 0.5) is 11.4 Å². The van der Waals surface area contributed by atoms with Gasteiger partial charge in [0, 0.05) is 10.2 Å². The van der Waals surface area contributed by atoms with Gasteiger partial charge in [-0.05, 0) is 61.1 Å². The van der Waals surface area contributed by atoms with E-state index in [-0.39, 0.29) is 5.75 Å². The number of phenols is 1. The lowest BCUT2D eigenvalue weighted by Gasteiger charge is -2.12. The normalized spacial score (nSPS) is 10.0. The highest BCUT2D eigenvalue weighted by atomic mass is 79.9. The number of benzene rings is 2. The van der Waals surface area contributed by atoms with Crippen LogP contribution in [0.3, 0.4) is 0 Å². The number of nitrogens with one attached hydrogen (secondary N) is 2. The summed E-state index contributed by atoms with van der Waals surface area (Å²) in [7, 11) is 0. The third-order valence-corrected chi connectivity index (χ3v) is 3.24. The molecule has 0 aliphatic rings. The molecule has 0 spiro atoms. The van der Waals surface area contributed by atoms with E-state index in [1.54, 1.807) is 6.07 Å². The molecule has 19 heavy (non-hydrogen) atoms. The first kappa shape index (κ1) is 13.8. The molecule has 0 bridgehead atoms. The van der Waals surface area contributed by atoms with Crippen LogP contribution in [0.2, 0.25) is 0 Å². The second kappa shape index (κ2) is 6.04. The molecule has 0 aliphatic carbocycles. The van der Waals surface area contributed by atoms with Crippen LogP contribution < -0.4 is 10.6 Å². The van der Waals surface area contributed by atoms with Crippen molar-refractivity contribution in [2.45, 2.75) is 6.92 Å². The summed E-state index contributed by atoms with van der Waals surface area (Å²) in [6.45, 7) is 1.95. The fourth-order valence-corrected chi connectivity index (χ4v) is 2.06. The quantitative estimate of drug-likeness (QED) is 0.566. The first-order valence-corrected chi connectivity index (χ1v) is 6.88. The number of hydrogen-bond donors (Lipinski definition) is 3. The lowest BCUT2D eigenvalue weighted by Crippen LogP contribution is -2.19. The van der Waals surface area contributed by atoms with Gasteiger partial charge in [0.15, 0.2) is 5.11 Å². The molecule has 0 saturated heterocycles. The Bertz CT molecular complexity index is 599. The maximum absolute atomic E-state index is 9.73. The molecule has 0 unspecified atom stereocenters. The number of anilines is 2. The zero-order chi connectivity index (χ0) is 13.8. The summed E-state index contributed by atoms with van der Waals surface area (Å²) in [6.07, 6.45) is 0. The van der Waals surface area contributed by atoms with E-state index in [0.717, 1.165) is 15.7 Å². The molecule has 0 fully saturated rings. The second-order valence-electron chi connectivity index (χ2n) is 4.11. The van der Waals surface area contributed by atoms with Crippen LogP contribution in [-0.2, 0) is 0 Å². The second-order valence-corrected chi connectivity index (χ2v) is 5.43.